The Kier molecular flexibility index (Phi) is 5.48. The summed E-state index contributed by atoms with van der Waals surface area (Å²) in [7, 11) is 0. The number of urea groups is 1. The summed E-state index contributed by atoms with van der Waals surface area (Å²) in [4.78, 5) is 41.2. The van der Waals surface area contributed by atoms with Crippen LogP contribution in [0.3, 0.4) is 0 Å². The van der Waals surface area contributed by atoms with Gasteiger partial charge in [-0.25, -0.2) is 4.79 Å². The summed E-state index contributed by atoms with van der Waals surface area (Å²) in [6, 6.07) is 6.04. The summed E-state index contributed by atoms with van der Waals surface area (Å²) < 4.78 is 0. The SMILES string of the molecule is CCC(=O)NC1C[C@H]2CCC[C@@H](C1)N2C(=O)c1ccc(C)c(N2CCNC2=O)c1. The maximum atomic E-state index is 13.5. The minimum atomic E-state index is -0.109. The fraction of sp³-hybridized carbons (Fsp3) is 0.591. The molecule has 3 heterocycles. The number of nitrogens with zero attached hydrogens (tertiary/aromatic N) is 2. The molecule has 0 saturated carbocycles. The molecule has 1 aromatic carbocycles. The van der Waals surface area contributed by atoms with Gasteiger partial charge in [-0.3, -0.25) is 14.5 Å². The molecule has 2 bridgehead atoms. The summed E-state index contributed by atoms with van der Waals surface area (Å²) in [6.45, 7) is 5.07. The summed E-state index contributed by atoms with van der Waals surface area (Å²) >= 11 is 0. The van der Waals surface area contributed by atoms with Gasteiger partial charge in [0.2, 0.25) is 5.91 Å². The van der Waals surface area contributed by atoms with E-state index in [9.17, 15) is 14.4 Å². The van der Waals surface area contributed by atoms with Crippen molar-refractivity contribution in [3.63, 3.8) is 0 Å². The second kappa shape index (κ2) is 8.05. The highest BCUT2D eigenvalue weighted by Gasteiger charge is 2.41. The lowest BCUT2D eigenvalue weighted by molar-refractivity contribution is -0.122. The van der Waals surface area contributed by atoms with E-state index in [1.165, 1.54) is 0 Å². The van der Waals surface area contributed by atoms with Crippen LogP contribution in [0.1, 0.15) is 61.4 Å². The first-order chi connectivity index (χ1) is 14.0. The molecule has 1 unspecified atom stereocenters. The minimum Gasteiger partial charge on any atom is -0.353 e. The van der Waals surface area contributed by atoms with E-state index < -0.39 is 0 Å². The molecular formula is C22H30N4O3. The molecule has 0 aliphatic carbocycles. The third-order valence-corrected chi connectivity index (χ3v) is 6.50. The number of fused-ring (bicyclic) bond motifs is 2. The zero-order chi connectivity index (χ0) is 20.5. The molecule has 29 heavy (non-hydrogen) atoms. The van der Waals surface area contributed by atoms with Crippen molar-refractivity contribution in [3.8, 4) is 0 Å². The number of hydrogen-bond acceptors (Lipinski definition) is 3. The Hall–Kier alpha value is -2.57. The van der Waals surface area contributed by atoms with Crippen LogP contribution >= 0.6 is 0 Å². The smallest absolute Gasteiger partial charge is 0.322 e. The molecule has 0 spiro atoms. The van der Waals surface area contributed by atoms with Crippen LogP contribution in [-0.2, 0) is 4.79 Å². The molecule has 2 N–H and O–H groups in total. The number of nitrogens with one attached hydrogen (secondary N) is 2. The van der Waals surface area contributed by atoms with E-state index in [2.05, 4.69) is 15.5 Å². The van der Waals surface area contributed by atoms with E-state index in [-0.39, 0.29) is 36.0 Å². The van der Waals surface area contributed by atoms with Gasteiger partial charge in [0.15, 0.2) is 0 Å². The highest BCUT2D eigenvalue weighted by atomic mass is 16.2. The number of aryl methyl sites for hydroxylation is 1. The Labute approximate surface area is 171 Å². The predicted molar refractivity (Wildman–Crippen MR) is 111 cm³/mol. The molecule has 4 amide bonds. The number of piperidine rings is 2. The summed E-state index contributed by atoms with van der Waals surface area (Å²) in [5.74, 6) is 0.126. The molecular weight excluding hydrogens is 368 g/mol. The van der Waals surface area contributed by atoms with Crippen molar-refractivity contribution < 1.29 is 14.4 Å². The molecule has 1 aromatic rings. The van der Waals surface area contributed by atoms with Gasteiger partial charge in [0.25, 0.3) is 5.91 Å². The summed E-state index contributed by atoms with van der Waals surface area (Å²) in [6.07, 6.45) is 5.22. The first-order valence-corrected chi connectivity index (χ1v) is 10.8. The number of anilines is 1. The standard InChI is InChI=1S/C22H30N4O3/c1-3-20(27)24-16-12-17-5-4-6-18(13-16)26(17)21(28)15-8-7-14(2)19(11-15)25-10-9-23-22(25)29/h7-8,11,16-18H,3-6,9-10,12-13H2,1-2H3,(H,23,29)(H,24,27)/t16?,17-,18+. The Morgan fingerprint density at radius 3 is 2.55 bits per heavy atom. The number of carbonyl (C=O) groups is 3. The average Bonchev–Trinajstić information content (AvgIpc) is 3.12. The van der Waals surface area contributed by atoms with E-state index in [1.54, 1.807) is 4.90 Å². The predicted octanol–water partition coefficient (Wildman–Crippen LogP) is 2.58. The van der Waals surface area contributed by atoms with Gasteiger partial charge in [0.05, 0.1) is 0 Å². The van der Waals surface area contributed by atoms with Crippen LogP contribution in [0.25, 0.3) is 0 Å². The minimum absolute atomic E-state index is 0.0424. The first-order valence-electron chi connectivity index (χ1n) is 10.8. The lowest BCUT2D eigenvalue weighted by Crippen LogP contribution is -2.58. The fourth-order valence-electron chi connectivity index (χ4n) is 5.04. The molecule has 3 aliphatic rings. The van der Waals surface area contributed by atoms with Gasteiger partial charge in [-0.2, -0.15) is 0 Å². The molecule has 156 valence electrons. The maximum Gasteiger partial charge on any atom is 0.322 e. The molecule has 3 saturated heterocycles. The Balaban J connectivity index is 1.55. The normalized spacial score (nSPS) is 26.3. The van der Waals surface area contributed by atoms with Crippen LogP contribution in [0.4, 0.5) is 10.5 Å². The van der Waals surface area contributed by atoms with Crippen LogP contribution in [0.5, 0.6) is 0 Å². The molecule has 7 nitrogen and oxygen atoms in total. The van der Waals surface area contributed by atoms with Crippen molar-refractivity contribution in [2.24, 2.45) is 0 Å². The molecule has 3 atom stereocenters. The van der Waals surface area contributed by atoms with E-state index in [0.29, 0.717) is 25.1 Å². The number of carbonyl (C=O) groups excluding carboxylic acids is 3. The first kappa shape index (κ1) is 19.7. The van der Waals surface area contributed by atoms with Gasteiger partial charge in [0.1, 0.15) is 0 Å². The zero-order valence-corrected chi connectivity index (χ0v) is 17.2. The highest BCUT2D eigenvalue weighted by Crippen LogP contribution is 2.36. The quantitative estimate of drug-likeness (QED) is 0.818. The number of amides is 4. The van der Waals surface area contributed by atoms with E-state index in [1.807, 2.05) is 32.0 Å². The Morgan fingerprint density at radius 1 is 1.21 bits per heavy atom. The van der Waals surface area contributed by atoms with Gasteiger partial charge in [0, 0.05) is 48.9 Å². The summed E-state index contributed by atoms with van der Waals surface area (Å²) in [5, 5.41) is 5.95. The molecule has 0 aromatic heterocycles. The monoisotopic (exact) mass is 398 g/mol. The number of hydrogen-bond donors (Lipinski definition) is 2. The van der Waals surface area contributed by atoms with Gasteiger partial charge < -0.3 is 15.5 Å². The van der Waals surface area contributed by atoms with Crippen molar-refractivity contribution in [1.29, 1.82) is 0 Å². The van der Waals surface area contributed by atoms with Crippen molar-refractivity contribution in [2.75, 3.05) is 18.0 Å². The lowest BCUT2D eigenvalue weighted by atomic mass is 9.81. The van der Waals surface area contributed by atoms with Crippen molar-refractivity contribution in [2.45, 2.75) is 70.5 Å². The highest BCUT2D eigenvalue weighted by molar-refractivity contribution is 5.99. The Bertz CT molecular complexity index is 810. The van der Waals surface area contributed by atoms with Gasteiger partial charge in [-0.15, -0.1) is 0 Å². The third kappa shape index (κ3) is 3.82. The molecule has 3 fully saturated rings. The number of benzene rings is 1. The Morgan fingerprint density at radius 2 is 1.93 bits per heavy atom. The largest absolute Gasteiger partial charge is 0.353 e. The fourth-order valence-corrected chi connectivity index (χ4v) is 5.04. The molecule has 4 rings (SSSR count). The van der Waals surface area contributed by atoms with Crippen molar-refractivity contribution in [3.05, 3.63) is 29.3 Å². The number of rotatable bonds is 4. The lowest BCUT2D eigenvalue weighted by Gasteiger charge is -2.49. The average molecular weight is 399 g/mol. The van der Waals surface area contributed by atoms with Crippen LogP contribution in [0, 0.1) is 6.92 Å². The second-order valence-corrected chi connectivity index (χ2v) is 8.43. The van der Waals surface area contributed by atoms with Crippen LogP contribution in [0.15, 0.2) is 18.2 Å². The molecule has 3 aliphatic heterocycles. The van der Waals surface area contributed by atoms with Crippen LogP contribution in [0.2, 0.25) is 0 Å². The second-order valence-electron chi connectivity index (χ2n) is 8.43. The van der Waals surface area contributed by atoms with Crippen molar-refractivity contribution in [1.82, 2.24) is 15.5 Å². The van der Waals surface area contributed by atoms with E-state index in [4.69, 9.17) is 0 Å². The van der Waals surface area contributed by atoms with Gasteiger partial charge >= 0.3 is 6.03 Å². The van der Waals surface area contributed by atoms with Gasteiger partial charge in [-0.1, -0.05) is 13.0 Å². The van der Waals surface area contributed by atoms with E-state index >= 15 is 0 Å². The van der Waals surface area contributed by atoms with Crippen molar-refractivity contribution >= 4 is 23.5 Å². The molecule has 0 radical (unpaired) electrons. The van der Waals surface area contributed by atoms with Gasteiger partial charge in [-0.05, 0) is 56.7 Å². The molecule has 7 heteroatoms. The van der Waals surface area contributed by atoms with Crippen LogP contribution < -0.4 is 15.5 Å². The third-order valence-electron chi connectivity index (χ3n) is 6.50. The zero-order valence-electron chi connectivity index (χ0n) is 17.2. The van der Waals surface area contributed by atoms with Crippen LogP contribution in [-0.4, -0.2) is 54.0 Å². The maximum absolute atomic E-state index is 13.5. The van der Waals surface area contributed by atoms with E-state index in [0.717, 1.165) is 43.4 Å². The topological polar surface area (TPSA) is 81.8 Å². The summed E-state index contributed by atoms with van der Waals surface area (Å²) in [5.41, 5.74) is 2.43.